The van der Waals surface area contributed by atoms with Gasteiger partial charge < -0.3 is 14.8 Å². The van der Waals surface area contributed by atoms with Gasteiger partial charge in [0.2, 0.25) is 5.88 Å². The molecular weight excluding hydrogens is 385 g/mol. The van der Waals surface area contributed by atoms with E-state index in [1.54, 1.807) is 6.07 Å². The van der Waals surface area contributed by atoms with Crippen LogP contribution in [0, 0.1) is 5.82 Å². The largest absolute Gasteiger partial charge is 0.493 e. The lowest BCUT2D eigenvalue weighted by Crippen LogP contribution is -2.09. The molecule has 0 aliphatic heterocycles. The summed E-state index contributed by atoms with van der Waals surface area (Å²) in [6.45, 7) is -0.299. The number of nitrogens with zero attached hydrogens (tertiary/aromatic N) is 2. The molecule has 1 amide bonds. The summed E-state index contributed by atoms with van der Waals surface area (Å²) < 4.78 is 18.9. The Morgan fingerprint density at radius 1 is 1.03 bits per heavy atom. The lowest BCUT2D eigenvalue weighted by Gasteiger charge is -2.10. The van der Waals surface area contributed by atoms with Gasteiger partial charge in [0.15, 0.2) is 12.3 Å². The Morgan fingerprint density at radius 2 is 1.80 bits per heavy atom. The molecule has 0 fully saturated rings. The Kier molecular flexibility index (Phi) is 5.52. The maximum absolute atomic E-state index is 13.3. The smallest absolute Gasteiger partial charge is 0.302 e. The topological polar surface area (TPSA) is 87.0 Å². The highest BCUT2D eigenvalue weighted by molar-refractivity contribution is 5.94. The van der Waals surface area contributed by atoms with Gasteiger partial charge in [-0.05, 0) is 35.4 Å². The van der Waals surface area contributed by atoms with Crippen molar-refractivity contribution in [2.45, 2.75) is 6.42 Å². The fraction of sp³-hybridized carbons (Fsp3) is 0.0870. The van der Waals surface area contributed by atoms with Crippen LogP contribution in [0.15, 0.2) is 83.0 Å². The minimum Gasteiger partial charge on any atom is -0.493 e. The number of aromatic nitrogens is 1. The van der Waals surface area contributed by atoms with E-state index < -0.39 is 11.7 Å². The maximum atomic E-state index is 13.3. The van der Waals surface area contributed by atoms with Gasteiger partial charge in [-0.25, -0.2) is 4.39 Å². The van der Waals surface area contributed by atoms with E-state index in [4.69, 9.17) is 4.74 Å². The van der Waals surface area contributed by atoms with Crippen molar-refractivity contribution in [1.29, 1.82) is 0 Å². The molecule has 0 aliphatic rings. The van der Waals surface area contributed by atoms with Crippen LogP contribution in [0.5, 0.6) is 11.6 Å². The standard InChI is InChI=1S/C23H18FN3O3/c24-17-10-11-18-19(13-17)25-23(29)22(18)27-26-21(28)14-30-20-9-5-4-8-16(20)12-15-6-2-1-3-7-15/h1-11,13,25,29H,12,14H2. The number of halogens is 1. The number of aromatic hydroxyl groups is 1. The second-order valence-corrected chi connectivity index (χ2v) is 6.66. The molecule has 1 heterocycles. The van der Waals surface area contributed by atoms with Crippen LogP contribution in [0.2, 0.25) is 0 Å². The molecule has 0 atom stereocenters. The molecule has 6 nitrogen and oxygen atoms in total. The summed E-state index contributed by atoms with van der Waals surface area (Å²) in [6, 6.07) is 21.3. The van der Waals surface area contributed by atoms with Crippen LogP contribution >= 0.6 is 0 Å². The molecule has 0 radical (unpaired) electrons. The number of azo groups is 1. The molecule has 0 aliphatic carbocycles. The van der Waals surface area contributed by atoms with E-state index in [1.165, 1.54) is 18.2 Å². The number of nitrogens with one attached hydrogen (secondary N) is 1. The van der Waals surface area contributed by atoms with Gasteiger partial charge in [0, 0.05) is 11.8 Å². The molecular formula is C23H18FN3O3. The molecule has 4 rings (SSSR count). The summed E-state index contributed by atoms with van der Waals surface area (Å²) in [7, 11) is 0. The van der Waals surface area contributed by atoms with Gasteiger partial charge in [-0.15, -0.1) is 10.2 Å². The fourth-order valence-electron chi connectivity index (χ4n) is 3.12. The molecule has 30 heavy (non-hydrogen) atoms. The zero-order chi connectivity index (χ0) is 20.9. The van der Waals surface area contributed by atoms with Crippen molar-refractivity contribution in [3.63, 3.8) is 0 Å². The number of carbonyl (C=O) groups is 1. The van der Waals surface area contributed by atoms with Crippen LogP contribution in [0.25, 0.3) is 10.9 Å². The van der Waals surface area contributed by atoms with Crippen LogP contribution in [0.4, 0.5) is 10.1 Å². The van der Waals surface area contributed by atoms with E-state index in [0.29, 0.717) is 23.1 Å². The number of aromatic amines is 1. The summed E-state index contributed by atoms with van der Waals surface area (Å²) in [5.74, 6) is -0.761. The zero-order valence-corrected chi connectivity index (χ0v) is 15.9. The summed E-state index contributed by atoms with van der Waals surface area (Å²) >= 11 is 0. The van der Waals surface area contributed by atoms with Crippen molar-refractivity contribution in [2.75, 3.05) is 6.61 Å². The summed E-state index contributed by atoms with van der Waals surface area (Å²) in [5, 5.41) is 17.8. The van der Waals surface area contributed by atoms with E-state index in [0.717, 1.165) is 11.1 Å². The highest BCUT2D eigenvalue weighted by Crippen LogP contribution is 2.35. The Bertz CT molecular complexity index is 1220. The first-order chi connectivity index (χ1) is 14.6. The predicted molar refractivity (Wildman–Crippen MR) is 111 cm³/mol. The number of H-pyrrole nitrogens is 1. The molecule has 2 N–H and O–H groups in total. The highest BCUT2D eigenvalue weighted by Gasteiger charge is 2.12. The number of fused-ring (bicyclic) bond motifs is 1. The first kappa shape index (κ1) is 19.3. The molecule has 0 bridgehead atoms. The van der Waals surface area contributed by atoms with Crippen molar-refractivity contribution in [3.8, 4) is 11.6 Å². The SMILES string of the molecule is O=C(COc1ccccc1Cc1ccccc1)N=Nc1c(O)[nH]c2cc(F)ccc12. The molecule has 1 aromatic heterocycles. The molecule has 7 heteroatoms. The number of hydrogen-bond donors (Lipinski definition) is 2. The average molecular weight is 403 g/mol. The molecule has 4 aromatic rings. The number of ether oxygens (including phenoxy) is 1. The van der Waals surface area contributed by atoms with Gasteiger partial charge in [0.05, 0.1) is 5.52 Å². The number of para-hydroxylation sites is 1. The Morgan fingerprint density at radius 3 is 2.63 bits per heavy atom. The maximum Gasteiger partial charge on any atom is 0.302 e. The third kappa shape index (κ3) is 4.35. The van der Waals surface area contributed by atoms with E-state index in [1.807, 2.05) is 48.5 Å². The predicted octanol–water partition coefficient (Wildman–Crippen LogP) is 5.29. The van der Waals surface area contributed by atoms with E-state index in [2.05, 4.69) is 15.2 Å². The van der Waals surface area contributed by atoms with Gasteiger partial charge in [-0.2, -0.15) is 0 Å². The van der Waals surface area contributed by atoms with Gasteiger partial charge in [0.25, 0.3) is 0 Å². The summed E-state index contributed by atoms with van der Waals surface area (Å²) in [6.07, 6.45) is 0.673. The van der Waals surface area contributed by atoms with Gasteiger partial charge in [-0.1, -0.05) is 48.5 Å². The minimum absolute atomic E-state index is 0.0721. The van der Waals surface area contributed by atoms with Crippen molar-refractivity contribution >= 4 is 22.5 Å². The normalized spacial score (nSPS) is 11.2. The Hall–Kier alpha value is -4.00. The third-order valence-corrected chi connectivity index (χ3v) is 4.54. The van der Waals surface area contributed by atoms with Crippen molar-refractivity contribution < 1.29 is 19.0 Å². The fourth-order valence-corrected chi connectivity index (χ4v) is 3.12. The number of rotatable bonds is 6. The number of carbonyl (C=O) groups excluding carboxylic acids is 1. The third-order valence-electron chi connectivity index (χ3n) is 4.54. The molecule has 0 saturated carbocycles. The van der Waals surface area contributed by atoms with Crippen LogP contribution < -0.4 is 4.74 Å². The van der Waals surface area contributed by atoms with Crippen LogP contribution in [0.1, 0.15) is 11.1 Å². The van der Waals surface area contributed by atoms with Crippen molar-refractivity contribution in [2.24, 2.45) is 10.2 Å². The molecule has 150 valence electrons. The second kappa shape index (κ2) is 8.57. The first-order valence-corrected chi connectivity index (χ1v) is 9.29. The minimum atomic E-state index is -0.611. The average Bonchev–Trinajstić information content (AvgIpc) is 3.06. The Labute approximate surface area is 171 Å². The van der Waals surface area contributed by atoms with Crippen LogP contribution in [-0.4, -0.2) is 22.6 Å². The first-order valence-electron chi connectivity index (χ1n) is 9.29. The number of amides is 1. The van der Waals surface area contributed by atoms with Gasteiger partial charge in [0.1, 0.15) is 11.6 Å². The molecule has 0 unspecified atom stereocenters. The molecule has 0 spiro atoms. The van der Waals surface area contributed by atoms with Crippen molar-refractivity contribution in [3.05, 3.63) is 89.7 Å². The van der Waals surface area contributed by atoms with Crippen LogP contribution in [-0.2, 0) is 11.2 Å². The monoisotopic (exact) mass is 403 g/mol. The van der Waals surface area contributed by atoms with Gasteiger partial charge in [-0.3, -0.25) is 4.79 Å². The molecule has 3 aromatic carbocycles. The Balaban J connectivity index is 1.44. The number of benzene rings is 3. The van der Waals surface area contributed by atoms with Crippen LogP contribution in [0.3, 0.4) is 0 Å². The van der Waals surface area contributed by atoms with E-state index in [-0.39, 0.29) is 18.2 Å². The zero-order valence-electron chi connectivity index (χ0n) is 15.9. The summed E-state index contributed by atoms with van der Waals surface area (Å²) in [4.78, 5) is 14.7. The summed E-state index contributed by atoms with van der Waals surface area (Å²) in [5.41, 5.74) is 2.51. The van der Waals surface area contributed by atoms with Crippen molar-refractivity contribution in [1.82, 2.24) is 4.98 Å². The number of hydrogen-bond acceptors (Lipinski definition) is 4. The lowest BCUT2D eigenvalue weighted by atomic mass is 10.0. The van der Waals surface area contributed by atoms with E-state index in [9.17, 15) is 14.3 Å². The highest BCUT2D eigenvalue weighted by atomic mass is 19.1. The van der Waals surface area contributed by atoms with Gasteiger partial charge >= 0.3 is 5.91 Å². The lowest BCUT2D eigenvalue weighted by molar-refractivity contribution is -0.120. The molecule has 0 saturated heterocycles. The second-order valence-electron chi connectivity index (χ2n) is 6.66. The quantitative estimate of drug-likeness (QED) is 0.429. The van der Waals surface area contributed by atoms with E-state index >= 15 is 0 Å².